The third kappa shape index (κ3) is 2.77. The summed E-state index contributed by atoms with van der Waals surface area (Å²) < 4.78 is 2.12. The van der Waals surface area contributed by atoms with Crippen LogP contribution in [-0.4, -0.2) is 11.8 Å². The third-order valence-electron chi connectivity index (χ3n) is 1.63. The van der Waals surface area contributed by atoms with Crippen LogP contribution in [0.2, 0.25) is 0 Å². The minimum atomic E-state index is -0.436. The van der Waals surface area contributed by atoms with Crippen LogP contribution in [0, 0.1) is 0 Å². The molecule has 0 spiro atoms. The lowest BCUT2D eigenvalue weighted by Crippen LogP contribution is -2.20. The van der Waals surface area contributed by atoms with Crippen LogP contribution >= 0.6 is 12.8 Å². The highest BCUT2D eigenvalue weighted by molar-refractivity contribution is 7.78. The molecule has 1 rings (SSSR count). The van der Waals surface area contributed by atoms with E-state index >= 15 is 0 Å². The van der Waals surface area contributed by atoms with Crippen LogP contribution in [0.4, 0.5) is 10.5 Å². The van der Waals surface area contributed by atoms with Gasteiger partial charge in [-0.25, -0.2) is 4.79 Å². The van der Waals surface area contributed by atoms with Crippen molar-refractivity contribution in [1.82, 2.24) is 4.72 Å². The first-order valence-electron chi connectivity index (χ1n) is 3.95. The van der Waals surface area contributed by atoms with Gasteiger partial charge >= 0.3 is 6.03 Å². The van der Waals surface area contributed by atoms with Crippen LogP contribution in [0.3, 0.4) is 0 Å². The maximum Gasteiger partial charge on any atom is 0.329 e. The van der Waals surface area contributed by atoms with E-state index in [2.05, 4.69) is 22.9 Å². The summed E-state index contributed by atoms with van der Waals surface area (Å²) in [5.41, 5.74) is 1.12. The van der Waals surface area contributed by atoms with Gasteiger partial charge in [0.25, 0.3) is 0 Å². The van der Waals surface area contributed by atoms with E-state index < -0.39 is 6.03 Å². The van der Waals surface area contributed by atoms with Gasteiger partial charge in [-0.05, 0) is 19.1 Å². The van der Waals surface area contributed by atoms with Gasteiger partial charge in [0.2, 0.25) is 0 Å². The lowest BCUT2D eigenvalue weighted by atomic mass is 10.1. The average molecular weight is 210 g/mol. The molecule has 0 bridgehead atoms. The number of carbonyl (C=O) groups is 2. The van der Waals surface area contributed by atoms with E-state index in [-0.39, 0.29) is 5.78 Å². The Hall–Kier alpha value is -1.49. The molecule has 0 aliphatic rings. The Morgan fingerprint density at radius 2 is 2.07 bits per heavy atom. The van der Waals surface area contributed by atoms with E-state index in [1.807, 2.05) is 0 Å². The molecule has 5 heteroatoms. The maximum atomic E-state index is 11.0. The first-order valence-corrected chi connectivity index (χ1v) is 4.40. The number of amides is 2. The normalized spacial score (nSPS) is 9.29. The Kier molecular flexibility index (Phi) is 3.53. The number of urea groups is 1. The van der Waals surface area contributed by atoms with Crippen molar-refractivity contribution in [3.63, 3.8) is 0 Å². The summed E-state index contributed by atoms with van der Waals surface area (Å²) in [6.45, 7) is 1.47. The highest BCUT2D eigenvalue weighted by Gasteiger charge is 2.02. The molecule has 74 valence electrons. The largest absolute Gasteiger partial charge is 0.329 e. The first kappa shape index (κ1) is 10.6. The molecule has 0 aliphatic carbocycles. The number of anilines is 1. The highest BCUT2D eigenvalue weighted by atomic mass is 32.1. The van der Waals surface area contributed by atoms with Crippen LogP contribution in [0.5, 0.6) is 0 Å². The van der Waals surface area contributed by atoms with E-state index in [1.54, 1.807) is 24.3 Å². The van der Waals surface area contributed by atoms with E-state index in [1.165, 1.54) is 6.92 Å². The van der Waals surface area contributed by atoms with E-state index in [4.69, 9.17) is 0 Å². The number of hydrogen-bond acceptors (Lipinski definition) is 3. The van der Waals surface area contributed by atoms with Gasteiger partial charge in [0, 0.05) is 11.3 Å². The smallest absolute Gasteiger partial charge is 0.307 e. The Morgan fingerprint density at radius 3 is 2.64 bits per heavy atom. The number of ketones is 1. The number of carbonyl (C=O) groups excluding carboxylic acids is 2. The Balaban J connectivity index is 2.83. The topological polar surface area (TPSA) is 58.2 Å². The number of nitrogens with one attached hydrogen (secondary N) is 2. The predicted octanol–water partition coefficient (Wildman–Crippen LogP) is 1.86. The van der Waals surface area contributed by atoms with Crippen molar-refractivity contribution in [1.29, 1.82) is 0 Å². The van der Waals surface area contributed by atoms with Gasteiger partial charge in [-0.1, -0.05) is 24.9 Å². The predicted molar refractivity (Wildman–Crippen MR) is 57.6 cm³/mol. The Morgan fingerprint density at radius 1 is 1.36 bits per heavy atom. The van der Waals surface area contributed by atoms with Crippen molar-refractivity contribution in [2.45, 2.75) is 6.92 Å². The van der Waals surface area contributed by atoms with Crippen LogP contribution in [0.1, 0.15) is 17.3 Å². The molecule has 0 aromatic heterocycles. The summed E-state index contributed by atoms with van der Waals surface area (Å²) in [4.78, 5) is 21.9. The van der Waals surface area contributed by atoms with Gasteiger partial charge in [-0.2, -0.15) is 0 Å². The standard InChI is InChI=1S/C9H10N2O2S/c1-6(12)7-3-2-4-8(5-7)10-9(13)11-14/h2-5,14H,1H3,(H2,10,11,13). The van der Waals surface area contributed by atoms with Crippen LogP contribution < -0.4 is 10.0 Å². The second-order valence-corrected chi connectivity index (χ2v) is 2.93. The Labute approximate surface area is 87.2 Å². The molecule has 0 unspecified atom stereocenters. The lowest BCUT2D eigenvalue weighted by molar-refractivity contribution is 0.101. The van der Waals surface area contributed by atoms with Gasteiger partial charge in [-0.3, -0.25) is 9.52 Å². The maximum absolute atomic E-state index is 11.0. The fourth-order valence-electron chi connectivity index (χ4n) is 0.975. The van der Waals surface area contributed by atoms with Crippen molar-refractivity contribution >= 4 is 30.3 Å². The molecule has 0 atom stereocenters. The minimum absolute atomic E-state index is 0.0417. The molecular formula is C9H10N2O2S. The molecule has 0 saturated heterocycles. The molecule has 0 saturated carbocycles. The zero-order chi connectivity index (χ0) is 10.6. The van der Waals surface area contributed by atoms with Crippen LogP contribution in [0.25, 0.3) is 0 Å². The number of Topliss-reactive ketones (excluding diaryl/α,β-unsaturated/α-hetero) is 1. The van der Waals surface area contributed by atoms with E-state index in [0.29, 0.717) is 11.3 Å². The van der Waals surface area contributed by atoms with Gasteiger partial charge in [0.05, 0.1) is 0 Å². The van der Waals surface area contributed by atoms with Crippen molar-refractivity contribution < 1.29 is 9.59 Å². The summed E-state index contributed by atoms with van der Waals surface area (Å²) >= 11 is 3.58. The second-order valence-electron chi connectivity index (χ2n) is 2.70. The lowest BCUT2D eigenvalue weighted by Gasteiger charge is -2.04. The molecule has 0 radical (unpaired) electrons. The molecule has 0 fully saturated rings. The van der Waals surface area contributed by atoms with Crippen molar-refractivity contribution in [2.75, 3.05) is 5.32 Å². The molecule has 1 aromatic rings. The highest BCUT2D eigenvalue weighted by Crippen LogP contribution is 2.10. The molecule has 0 heterocycles. The van der Waals surface area contributed by atoms with Crippen LogP contribution in [-0.2, 0) is 0 Å². The van der Waals surface area contributed by atoms with Gasteiger partial charge < -0.3 is 5.32 Å². The molecule has 2 amide bonds. The summed E-state index contributed by atoms with van der Waals surface area (Å²) in [6, 6.07) is 6.24. The van der Waals surface area contributed by atoms with Gasteiger partial charge in [-0.15, -0.1) is 0 Å². The quantitative estimate of drug-likeness (QED) is 0.515. The SMILES string of the molecule is CC(=O)c1cccc(NC(=O)NS)c1. The molecule has 2 N–H and O–H groups in total. The molecular weight excluding hydrogens is 200 g/mol. The fraction of sp³-hybridized carbons (Fsp3) is 0.111. The number of rotatable bonds is 2. The molecule has 14 heavy (non-hydrogen) atoms. The molecule has 1 aromatic carbocycles. The number of benzene rings is 1. The van der Waals surface area contributed by atoms with E-state index in [0.717, 1.165) is 0 Å². The van der Waals surface area contributed by atoms with Gasteiger partial charge in [0.15, 0.2) is 5.78 Å². The fourth-order valence-corrected chi connectivity index (χ4v) is 1.03. The minimum Gasteiger partial charge on any atom is -0.307 e. The summed E-state index contributed by atoms with van der Waals surface area (Å²) in [7, 11) is 0. The summed E-state index contributed by atoms with van der Waals surface area (Å²) in [6.07, 6.45) is 0. The first-order chi connectivity index (χ1) is 6.63. The summed E-state index contributed by atoms with van der Waals surface area (Å²) in [5, 5.41) is 2.51. The van der Waals surface area contributed by atoms with Crippen LogP contribution in [0.15, 0.2) is 24.3 Å². The zero-order valence-corrected chi connectivity index (χ0v) is 8.47. The molecule has 4 nitrogen and oxygen atoms in total. The number of thiol groups is 1. The zero-order valence-electron chi connectivity index (χ0n) is 7.57. The second kappa shape index (κ2) is 4.66. The monoisotopic (exact) mass is 210 g/mol. The molecule has 0 aliphatic heterocycles. The number of hydrogen-bond donors (Lipinski definition) is 3. The van der Waals surface area contributed by atoms with Crippen molar-refractivity contribution in [3.8, 4) is 0 Å². The van der Waals surface area contributed by atoms with Crippen molar-refractivity contribution in [2.24, 2.45) is 0 Å². The van der Waals surface area contributed by atoms with Gasteiger partial charge in [0.1, 0.15) is 0 Å². The summed E-state index contributed by atoms with van der Waals surface area (Å²) in [5.74, 6) is -0.0417. The average Bonchev–Trinajstić information content (AvgIpc) is 2.18. The van der Waals surface area contributed by atoms with Crippen molar-refractivity contribution in [3.05, 3.63) is 29.8 Å². The van der Waals surface area contributed by atoms with E-state index in [9.17, 15) is 9.59 Å². The Bertz CT molecular complexity index is 366. The third-order valence-corrected chi connectivity index (χ3v) is 1.83.